The molecule has 4 aromatic rings. The van der Waals surface area contributed by atoms with Crippen molar-refractivity contribution < 1.29 is 22.7 Å². The van der Waals surface area contributed by atoms with Gasteiger partial charge in [-0.2, -0.15) is 0 Å². The van der Waals surface area contributed by atoms with Gasteiger partial charge in [-0.1, -0.05) is 36.4 Å². The number of hydrogen-bond donors (Lipinski definition) is 2. The van der Waals surface area contributed by atoms with Crippen molar-refractivity contribution in [2.45, 2.75) is 29.8 Å². The second-order valence-corrected chi connectivity index (χ2v) is 10.9. The highest BCUT2D eigenvalue weighted by Gasteiger charge is 2.35. The van der Waals surface area contributed by atoms with Crippen molar-refractivity contribution in [3.05, 3.63) is 102 Å². The van der Waals surface area contributed by atoms with Gasteiger partial charge >= 0.3 is 0 Å². The summed E-state index contributed by atoms with van der Waals surface area (Å²) in [5, 5.41) is 11.7. The molecule has 1 amide bonds. The third-order valence-electron chi connectivity index (χ3n) is 6.73. The number of rotatable bonds is 6. The van der Waals surface area contributed by atoms with E-state index in [9.17, 15) is 22.7 Å². The molecule has 1 fully saturated rings. The molecular formula is C28H26FN3O4S. The lowest BCUT2D eigenvalue weighted by atomic mass is 9.85. The van der Waals surface area contributed by atoms with Crippen LogP contribution in [-0.2, 0) is 16.4 Å². The summed E-state index contributed by atoms with van der Waals surface area (Å²) in [5.74, 6) is -0.553. The summed E-state index contributed by atoms with van der Waals surface area (Å²) < 4.78 is 42.6. The number of amides is 1. The number of aromatic nitrogens is 1. The number of halogens is 1. The largest absolute Gasteiger partial charge is 0.389 e. The minimum Gasteiger partial charge on any atom is -0.389 e. The number of likely N-dealkylation sites (tertiary alicyclic amines) is 1. The number of para-hydroxylation sites is 1. The fourth-order valence-corrected chi connectivity index (χ4v) is 5.90. The summed E-state index contributed by atoms with van der Waals surface area (Å²) in [6.45, 7) is 0.679. The van der Waals surface area contributed by atoms with Gasteiger partial charge in [-0.3, -0.25) is 14.5 Å². The maximum absolute atomic E-state index is 14.0. The van der Waals surface area contributed by atoms with Gasteiger partial charge in [0.05, 0.1) is 11.1 Å². The lowest BCUT2D eigenvalue weighted by Gasteiger charge is -2.38. The van der Waals surface area contributed by atoms with E-state index in [-0.39, 0.29) is 23.0 Å². The highest BCUT2D eigenvalue weighted by molar-refractivity contribution is 7.93. The van der Waals surface area contributed by atoms with Crippen LogP contribution in [0, 0.1) is 5.82 Å². The number of hydrogen-bond acceptors (Lipinski definition) is 5. The number of benzene rings is 3. The lowest BCUT2D eigenvalue weighted by molar-refractivity contribution is -0.0167. The molecule has 0 radical (unpaired) electrons. The molecule has 1 aromatic heterocycles. The number of sulfonamides is 1. The number of aliphatic hydroxyl groups is 1. The molecule has 0 spiro atoms. The molecule has 9 heteroatoms. The van der Waals surface area contributed by atoms with Crippen LogP contribution in [0.15, 0.2) is 90.0 Å². The second kappa shape index (κ2) is 9.91. The zero-order chi connectivity index (χ0) is 26.0. The molecule has 7 nitrogen and oxygen atoms in total. The standard InChI is InChI=1S/C28H26FN3O4S/c29-24-8-2-1-5-22(24)19-28(34)14-17-32(18-15-28)27(33)21-10-12-23(13-11-21)31-37(35,36)25-9-3-6-20-7-4-16-30-26(20)25/h1-13,16,31,34H,14-15,17-19H2. The third-order valence-corrected chi connectivity index (χ3v) is 8.14. The minimum absolute atomic E-state index is 0.0712. The Morgan fingerprint density at radius 1 is 0.973 bits per heavy atom. The number of anilines is 1. The Bertz CT molecular complexity index is 1540. The van der Waals surface area contributed by atoms with E-state index >= 15 is 0 Å². The van der Waals surface area contributed by atoms with Crippen LogP contribution in [0.3, 0.4) is 0 Å². The van der Waals surface area contributed by atoms with E-state index in [0.29, 0.717) is 53.6 Å². The maximum Gasteiger partial charge on any atom is 0.264 e. The molecular weight excluding hydrogens is 493 g/mol. The van der Waals surface area contributed by atoms with Gasteiger partial charge < -0.3 is 10.0 Å². The number of piperidine rings is 1. The summed E-state index contributed by atoms with van der Waals surface area (Å²) in [4.78, 5) is 19.0. The van der Waals surface area contributed by atoms with Crippen molar-refractivity contribution in [2.24, 2.45) is 0 Å². The smallest absolute Gasteiger partial charge is 0.264 e. The Kier molecular flexibility index (Phi) is 6.66. The van der Waals surface area contributed by atoms with Gasteiger partial charge in [0.2, 0.25) is 0 Å². The second-order valence-electron chi connectivity index (χ2n) is 9.30. The number of carbonyl (C=O) groups excluding carboxylic acids is 1. The van der Waals surface area contributed by atoms with E-state index in [4.69, 9.17) is 0 Å². The topological polar surface area (TPSA) is 99.6 Å². The van der Waals surface area contributed by atoms with E-state index < -0.39 is 15.6 Å². The van der Waals surface area contributed by atoms with Crippen LogP contribution < -0.4 is 4.72 Å². The zero-order valence-electron chi connectivity index (χ0n) is 20.0. The average Bonchev–Trinajstić information content (AvgIpc) is 2.90. The summed E-state index contributed by atoms with van der Waals surface area (Å²) >= 11 is 0. The summed E-state index contributed by atoms with van der Waals surface area (Å²) in [5.41, 5.74) is 0.501. The van der Waals surface area contributed by atoms with E-state index in [1.165, 1.54) is 12.1 Å². The van der Waals surface area contributed by atoms with Gasteiger partial charge in [0.1, 0.15) is 10.7 Å². The lowest BCUT2D eigenvalue weighted by Crippen LogP contribution is -2.47. The van der Waals surface area contributed by atoms with Crippen LogP contribution in [-0.4, -0.2) is 48.0 Å². The molecule has 2 N–H and O–H groups in total. The highest BCUT2D eigenvalue weighted by atomic mass is 32.2. The summed E-state index contributed by atoms with van der Waals surface area (Å²) in [6.07, 6.45) is 2.42. The fraction of sp³-hybridized carbons (Fsp3) is 0.214. The Labute approximate surface area is 214 Å². The van der Waals surface area contributed by atoms with Crippen LogP contribution in [0.2, 0.25) is 0 Å². The van der Waals surface area contributed by atoms with Crippen LogP contribution in [0.25, 0.3) is 10.9 Å². The van der Waals surface area contributed by atoms with Crippen LogP contribution >= 0.6 is 0 Å². The van der Waals surface area contributed by atoms with E-state index in [2.05, 4.69) is 9.71 Å². The maximum atomic E-state index is 14.0. The predicted octanol–water partition coefficient (Wildman–Crippen LogP) is 4.38. The Morgan fingerprint density at radius 2 is 1.68 bits per heavy atom. The molecule has 3 aromatic carbocycles. The molecule has 1 aliphatic rings. The molecule has 1 aliphatic heterocycles. The molecule has 1 saturated heterocycles. The number of fused-ring (bicyclic) bond motifs is 1. The zero-order valence-corrected chi connectivity index (χ0v) is 20.8. The first-order valence-corrected chi connectivity index (χ1v) is 13.4. The molecule has 0 aliphatic carbocycles. The van der Waals surface area contributed by atoms with Gasteiger partial charge in [-0.05, 0) is 60.9 Å². The SMILES string of the molecule is O=C(c1ccc(NS(=O)(=O)c2cccc3cccnc23)cc1)N1CCC(O)(Cc2ccccc2F)CC1. The normalized spacial score (nSPS) is 15.5. The molecule has 5 rings (SSSR count). The average molecular weight is 520 g/mol. The van der Waals surface area contributed by atoms with Crippen LogP contribution in [0.5, 0.6) is 0 Å². The number of nitrogens with one attached hydrogen (secondary N) is 1. The number of nitrogens with zero attached hydrogens (tertiary/aromatic N) is 2. The van der Waals surface area contributed by atoms with Gasteiger partial charge in [0.15, 0.2) is 0 Å². The van der Waals surface area contributed by atoms with Crippen molar-refractivity contribution in [3.8, 4) is 0 Å². The first-order chi connectivity index (χ1) is 17.7. The Hall–Kier alpha value is -3.82. The molecule has 37 heavy (non-hydrogen) atoms. The van der Waals surface area contributed by atoms with Crippen molar-refractivity contribution in [1.82, 2.24) is 9.88 Å². The van der Waals surface area contributed by atoms with Crippen molar-refractivity contribution in [2.75, 3.05) is 17.8 Å². The molecule has 2 heterocycles. The third kappa shape index (κ3) is 5.33. The highest BCUT2D eigenvalue weighted by Crippen LogP contribution is 2.29. The number of carbonyl (C=O) groups is 1. The molecule has 0 unspecified atom stereocenters. The van der Waals surface area contributed by atoms with Crippen molar-refractivity contribution in [1.29, 1.82) is 0 Å². The van der Waals surface area contributed by atoms with E-state index in [1.54, 1.807) is 77.8 Å². The quantitative estimate of drug-likeness (QED) is 0.394. The Balaban J connectivity index is 1.24. The van der Waals surface area contributed by atoms with E-state index in [0.717, 1.165) is 0 Å². The minimum atomic E-state index is -3.90. The van der Waals surface area contributed by atoms with Gasteiger partial charge in [0, 0.05) is 42.3 Å². The first-order valence-electron chi connectivity index (χ1n) is 12.0. The van der Waals surface area contributed by atoms with Gasteiger partial charge in [-0.25, -0.2) is 12.8 Å². The van der Waals surface area contributed by atoms with Crippen LogP contribution in [0.4, 0.5) is 10.1 Å². The molecule has 0 bridgehead atoms. The van der Waals surface area contributed by atoms with Crippen molar-refractivity contribution >= 4 is 32.5 Å². The first kappa shape index (κ1) is 24.9. The molecule has 190 valence electrons. The van der Waals surface area contributed by atoms with Crippen molar-refractivity contribution in [3.63, 3.8) is 0 Å². The fourth-order valence-electron chi connectivity index (χ4n) is 4.67. The number of pyridine rings is 1. The monoisotopic (exact) mass is 519 g/mol. The predicted molar refractivity (Wildman–Crippen MR) is 139 cm³/mol. The van der Waals surface area contributed by atoms with Gasteiger partial charge in [-0.15, -0.1) is 0 Å². The van der Waals surface area contributed by atoms with Crippen LogP contribution in [0.1, 0.15) is 28.8 Å². The molecule has 0 saturated carbocycles. The van der Waals surface area contributed by atoms with Gasteiger partial charge in [0.25, 0.3) is 15.9 Å². The summed E-state index contributed by atoms with van der Waals surface area (Å²) in [7, 11) is -3.90. The summed E-state index contributed by atoms with van der Waals surface area (Å²) in [6, 6.07) is 21.1. The van der Waals surface area contributed by atoms with E-state index in [1.807, 2.05) is 0 Å². The Morgan fingerprint density at radius 3 is 2.41 bits per heavy atom. The molecule has 0 atom stereocenters.